The van der Waals surface area contributed by atoms with Gasteiger partial charge in [0.25, 0.3) is 0 Å². The number of fused-ring (bicyclic) bond motifs is 2. The second kappa shape index (κ2) is 4.92. The van der Waals surface area contributed by atoms with Crippen molar-refractivity contribution in [3.63, 3.8) is 0 Å². The van der Waals surface area contributed by atoms with Crippen molar-refractivity contribution in [2.75, 3.05) is 19.6 Å². The van der Waals surface area contributed by atoms with Gasteiger partial charge in [0.1, 0.15) is 0 Å². The summed E-state index contributed by atoms with van der Waals surface area (Å²) in [5.41, 5.74) is 0.773. The lowest BCUT2D eigenvalue weighted by molar-refractivity contribution is -0.136. The summed E-state index contributed by atoms with van der Waals surface area (Å²) in [6.07, 6.45) is 4.71. The Kier molecular flexibility index (Phi) is 3.92. The number of carbonyl (C=O) groups is 1. The van der Waals surface area contributed by atoms with Crippen LogP contribution in [0.15, 0.2) is 0 Å². The molecule has 1 amide bonds. The molecule has 0 aromatic carbocycles. The Labute approximate surface area is 122 Å². The van der Waals surface area contributed by atoms with Crippen molar-refractivity contribution in [3.05, 3.63) is 0 Å². The number of likely N-dealkylation sites (tertiary alicyclic amines) is 1. The maximum atomic E-state index is 12.6. The Balaban J connectivity index is 0.00000133. The van der Waals surface area contributed by atoms with Gasteiger partial charge in [-0.25, -0.2) is 0 Å². The topological polar surface area (TPSA) is 32.3 Å². The average molecular weight is 287 g/mol. The molecular formula is C15H27ClN2O. The predicted molar refractivity (Wildman–Crippen MR) is 79.5 cm³/mol. The van der Waals surface area contributed by atoms with Crippen LogP contribution in [0.25, 0.3) is 0 Å². The SMILES string of the molecule is CC1(C)CC2CC(C)(CN2C(=O)C2CCNC2)C1.Cl. The maximum Gasteiger partial charge on any atom is 0.227 e. The van der Waals surface area contributed by atoms with E-state index in [1.54, 1.807) is 0 Å². The van der Waals surface area contributed by atoms with E-state index in [1.807, 2.05) is 0 Å². The number of nitrogens with zero attached hydrogens (tertiary/aromatic N) is 1. The zero-order valence-corrected chi connectivity index (χ0v) is 13.2. The second-order valence-electron chi connectivity index (χ2n) is 7.87. The van der Waals surface area contributed by atoms with Crippen LogP contribution >= 0.6 is 12.4 Å². The molecule has 3 fully saturated rings. The highest BCUT2D eigenvalue weighted by molar-refractivity contribution is 5.85. The summed E-state index contributed by atoms with van der Waals surface area (Å²) in [7, 11) is 0. The van der Waals surface area contributed by atoms with Gasteiger partial charge in [0, 0.05) is 19.1 Å². The van der Waals surface area contributed by atoms with E-state index in [9.17, 15) is 4.79 Å². The molecule has 1 N–H and O–H groups in total. The fraction of sp³-hybridized carbons (Fsp3) is 0.933. The van der Waals surface area contributed by atoms with Crippen LogP contribution in [0, 0.1) is 16.7 Å². The van der Waals surface area contributed by atoms with Gasteiger partial charge in [-0.05, 0) is 43.1 Å². The van der Waals surface area contributed by atoms with Crippen LogP contribution in [0.2, 0.25) is 0 Å². The van der Waals surface area contributed by atoms with Crippen LogP contribution < -0.4 is 5.32 Å². The van der Waals surface area contributed by atoms with Crippen molar-refractivity contribution < 1.29 is 4.79 Å². The van der Waals surface area contributed by atoms with Crippen LogP contribution in [0.4, 0.5) is 0 Å². The minimum atomic E-state index is 0. The van der Waals surface area contributed by atoms with Crippen LogP contribution in [0.3, 0.4) is 0 Å². The van der Waals surface area contributed by atoms with Gasteiger partial charge in [0.05, 0.1) is 5.92 Å². The zero-order chi connectivity index (χ0) is 13.0. The third-order valence-electron chi connectivity index (χ3n) is 5.11. The lowest BCUT2D eigenvalue weighted by Crippen LogP contribution is -2.41. The van der Waals surface area contributed by atoms with E-state index in [1.165, 1.54) is 19.3 Å². The van der Waals surface area contributed by atoms with Gasteiger partial charge in [0.2, 0.25) is 5.91 Å². The number of amides is 1. The number of halogens is 1. The molecule has 2 aliphatic heterocycles. The number of hydrogen-bond donors (Lipinski definition) is 1. The maximum absolute atomic E-state index is 12.6. The van der Waals surface area contributed by atoms with E-state index >= 15 is 0 Å². The summed E-state index contributed by atoms with van der Waals surface area (Å²) in [6, 6.07) is 0.506. The molecule has 2 heterocycles. The number of rotatable bonds is 1. The van der Waals surface area contributed by atoms with E-state index < -0.39 is 0 Å². The summed E-state index contributed by atoms with van der Waals surface area (Å²) in [6.45, 7) is 10.0. The summed E-state index contributed by atoms with van der Waals surface area (Å²) in [4.78, 5) is 14.9. The van der Waals surface area contributed by atoms with Gasteiger partial charge in [-0.3, -0.25) is 4.79 Å². The highest BCUT2D eigenvalue weighted by Gasteiger charge is 2.51. The summed E-state index contributed by atoms with van der Waals surface area (Å²) in [5.74, 6) is 0.669. The molecule has 110 valence electrons. The molecular weight excluding hydrogens is 260 g/mol. The van der Waals surface area contributed by atoms with E-state index in [0.717, 1.165) is 26.1 Å². The molecule has 3 rings (SSSR count). The molecule has 3 atom stereocenters. The monoisotopic (exact) mass is 286 g/mol. The highest BCUT2D eigenvalue weighted by Crippen LogP contribution is 2.52. The number of nitrogens with one attached hydrogen (secondary N) is 1. The van der Waals surface area contributed by atoms with Crippen molar-refractivity contribution in [2.45, 2.75) is 52.5 Å². The Morgan fingerprint density at radius 3 is 2.63 bits per heavy atom. The fourth-order valence-corrected chi connectivity index (χ4v) is 4.82. The first-order valence-corrected chi connectivity index (χ1v) is 7.40. The first kappa shape index (κ1) is 15.1. The standard InChI is InChI=1S/C15H26N2O.ClH/c1-14(2)6-12-7-15(3,9-14)10-17(12)13(18)11-4-5-16-8-11;/h11-12,16H,4-10H2,1-3H3;1H. The van der Waals surface area contributed by atoms with Crippen molar-refractivity contribution in [1.29, 1.82) is 0 Å². The molecule has 3 nitrogen and oxygen atoms in total. The van der Waals surface area contributed by atoms with Crippen molar-refractivity contribution >= 4 is 18.3 Å². The second-order valence-corrected chi connectivity index (χ2v) is 7.87. The van der Waals surface area contributed by atoms with Gasteiger partial charge in [-0.15, -0.1) is 12.4 Å². The quantitative estimate of drug-likeness (QED) is 0.803. The summed E-state index contributed by atoms with van der Waals surface area (Å²) >= 11 is 0. The molecule has 3 aliphatic rings. The molecule has 0 aromatic heterocycles. The van der Waals surface area contributed by atoms with Crippen LogP contribution in [0.5, 0.6) is 0 Å². The van der Waals surface area contributed by atoms with Gasteiger partial charge in [-0.1, -0.05) is 20.8 Å². The van der Waals surface area contributed by atoms with Gasteiger partial charge in [0.15, 0.2) is 0 Å². The average Bonchev–Trinajstić information content (AvgIpc) is 2.82. The van der Waals surface area contributed by atoms with Gasteiger partial charge < -0.3 is 10.2 Å². The smallest absolute Gasteiger partial charge is 0.227 e. The van der Waals surface area contributed by atoms with Gasteiger partial charge >= 0.3 is 0 Å². The molecule has 0 radical (unpaired) electrons. The normalized spacial score (nSPS) is 40.1. The van der Waals surface area contributed by atoms with E-state index in [-0.39, 0.29) is 18.3 Å². The molecule has 2 saturated heterocycles. The van der Waals surface area contributed by atoms with Crippen LogP contribution in [-0.2, 0) is 4.79 Å². The Morgan fingerprint density at radius 1 is 1.26 bits per heavy atom. The third kappa shape index (κ3) is 2.78. The zero-order valence-electron chi connectivity index (χ0n) is 12.4. The Bertz CT molecular complexity index is 365. The molecule has 0 aromatic rings. The minimum Gasteiger partial charge on any atom is -0.339 e. The Morgan fingerprint density at radius 2 is 2.00 bits per heavy atom. The summed E-state index contributed by atoms with van der Waals surface area (Å²) in [5, 5.41) is 3.31. The van der Waals surface area contributed by atoms with Crippen molar-refractivity contribution in [2.24, 2.45) is 16.7 Å². The van der Waals surface area contributed by atoms with Crippen molar-refractivity contribution in [1.82, 2.24) is 10.2 Å². The number of hydrogen-bond acceptors (Lipinski definition) is 2. The third-order valence-corrected chi connectivity index (χ3v) is 5.11. The molecule has 4 heteroatoms. The summed E-state index contributed by atoms with van der Waals surface area (Å²) < 4.78 is 0. The van der Waals surface area contributed by atoms with Gasteiger partial charge in [-0.2, -0.15) is 0 Å². The van der Waals surface area contributed by atoms with Crippen LogP contribution in [-0.4, -0.2) is 36.5 Å². The molecule has 0 spiro atoms. The molecule has 3 unspecified atom stereocenters. The van der Waals surface area contributed by atoms with Crippen LogP contribution in [0.1, 0.15) is 46.5 Å². The van der Waals surface area contributed by atoms with E-state index in [2.05, 4.69) is 31.0 Å². The highest BCUT2D eigenvalue weighted by atomic mass is 35.5. The Hall–Kier alpha value is -0.280. The lowest BCUT2D eigenvalue weighted by Gasteiger charge is -2.39. The molecule has 1 saturated carbocycles. The van der Waals surface area contributed by atoms with Crippen molar-refractivity contribution in [3.8, 4) is 0 Å². The predicted octanol–water partition coefficient (Wildman–Crippen LogP) is 2.44. The lowest BCUT2D eigenvalue weighted by atomic mass is 9.65. The first-order valence-electron chi connectivity index (χ1n) is 7.40. The van der Waals surface area contributed by atoms with E-state index in [4.69, 9.17) is 0 Å². The fourth-order valence-electron chi connectivity index (χ4n) is 4.82. The van der Waals surface area contributed by atoms with E-state index in [0.29, 0.717) is 22.8 Å². The molecule has 19 heavy (non-hydrogen) atoms. The minimum absolute atomic E-state index is 0. The molecule has 1 aliphatic carbocycles. The largest absolute Gasteiger partial charge is 0.339 e. The molecule has 2 bridgehead atoms. The number of carbonyl (C=O) groups excluding carboxylic acids is 1. The first-order chi connectivity index (χ1) is 8.39.